The molecular weight excluding hydrogens is 374 g/mol. The van der Waals surface area contributed by atoms with Gasteiger partial charge in [0.25, 0.3) is 10.0 Å². The summed E-state index contributed by atoms with van der Waals surface area (Å²) < 4.78 is 31.5. The number of hydrogen-bond donors (Lipinski definition) is 2. The van der Waals surface area contributed by atoms with Crippen LogP contribution in [0.15, 0.2) is 59.5 Å². The number of nitrogens with one attached hydrogen (secondary N) is 2. The quantitative estimate of drug-likeness (QED) is 0.777. The number of nitrogens with zero attached hydrogens (tertiary/aromatic N) is 1. The van der Waals surface area contributed by atoms with Gasteiger partial charge in [0, 0.05) is 25.7 Å². The zero-order valence-corrected chi connectivity index (χ0v) is 16.7. The van der Waals surface area contributed by atoms with Gasteiger partial charge in [0.15, 0.2) is 0 Å². The second kappa shape index (κ2) is 8.71. The van der Waals surface area contributed by atoms with Gasteiger partial charge in [-0.2, -0.15) is 0 Å². The molecule has 2 atom stereocenters. The molecule has 2 aliphatic heterocycles. The van der Waals surface area contributed by atoms with Gasteiger partial charge in [-0.25, -0.2) is 13.4 Å². The van der Waals surface area contributed by atoms with E-state index in [2.05, 4.69) is 34.4 Å². The highest BCUT2D eigenvalue weighted by Gasteiger charge is 2.29. The van der Waals surface area contributed by atoms with Gasteiger partial charge >= 0.3 is 0 Å². The molecule has 0 aliphatic carbocycles. The summed E-state index contributed by atoms with van der Waals surface area (Å²) in [4.78, 5) is 3.08. The first-order chi connectivity index (χ1) is 13.6. The van der Waals surface area contributed by atoms with Gasteiger partial charge in [-0.15, -0.1) is 4.83 Å². The minimum absolute atomic E-state index is 0.0828. The topological polar surface area (TPSA) is 70.7 Å². The number of benzene rings is 2. The smallest absolute Gasteiger partial charge is 0.253 e. The lowest BCUT2D eigenvalue weighted by Gasteiger charge is -2.37. The predicted octanol–water partition coefficient (Wildman–Crippen LogP) is 2.25. The van der Waals surface area contributed by atoms with Gasteiger partial charge in [0.1, 0.15) is 0 Å². The number of fused-ring (bicyclic) bond motifs is 1. The van der Waals surface area contributed by atoms with E-state index in [9.17, 15) is 8.42 Å². The van der Waals surface area contributed by atoms with Gasteiger partial charge in [-0.1, -0.05) is 42.5 Å². The molecule has 150 valence electrons. The fourth-order valence-electron chi connectivity index (χ4n) is 4.01. The Labute approximate surface area is 166 Å². The summed E-state index contributed by atoms with van der Waals surface area (Å²) in [5.74, 6) is 0. The molecule has 1 fully saturated rings. The number of hydrazine groups is 1. The Hall–Kier alpha value is -1.77. The first-order valence-corrected chi connectivity index (χ1v) is 11.4. The largest absolute Gasteiger partial charge is 0.373 e. The summed E-state index contributed by atoms with van der Waals surface area (Å²) in [7, 11) is -3.57. The van der Waals surface area contributed by atoms with E-state index in [4.69, 9.17) is 4.74 Å². The van der Waals surface area contributed by atoms with Crippen LogP contribution in [0.1, 0.15) is 30.1 Å². The van der Waals surface area contributed by atoms with Crippen molar-refractivity contribution in [3.8, 4) is 0 Å². The maximum atomic E-state index is 12.7. The lowest BCUT2D eigenvalue weighted by molar-refractivity contribution is 0.0250. The average Bonchev–Trinajstić information content (AvgIpc) is 2.73. The lowest BCUT2D eigenvalue weighted by atomic mass is 9.93. The molecule has 0 saturated carbocycles. The van der Waals surface area contributed by atoms with Crippen LogP contribution >= 0.6 is 0 Å². The van der Waals surface area contributed by atoms with Crippen LogP contribution in [0, 0.1) is 0 Å². The molecule has 0 amide bonds. The number of piperazine rings is 1. The Balaban J connectivity index is 1.42. The number of ether oxygens (including phenoxy) is 1. The number of rotatable bonds is 6. The van der Waals surface area contributed by atoms with Crippen LogP contribution in [-0.2, 0) is 21.2 Å². The summed E-state index contributed by atoms with van der Waals surface area (Å²) in [6, 6.07) is 17.1. The van der Waals surface area contributed by atoms with Crippen LogP contribution < -0.4 is 10.1 Å². The summed E-state index contributed by atoms with van der Waals surface area (Å²) in [5, 5.41) is 5.25. The highest BCUT2D eigenvalue weighted by atomic mass is 32.2. The fourth-order valence-corrected chi connectivity index (χ4v) is 5.18. The molecule has 7 heteroatoms. The summed E-state index contributed by atoms with van der Waals surface area (Å²) in [5.41, 5.74) is 2.64. The molecule has 0 radical (unpaired) electrons. The highest BCUT2D eigenvalue weighted by Crippen LogP contribution is 2.31. The second-order valence-corrected chi connectivity index (χ2v) is 9.01. The Morgan fingerprint density at radius 2 is 1.86 bits per heavy atom. The first-order valence-electron chi connectivity index (χ1n) is 9.88. The Morgan fingerprint density at radius 1 is 1.07 bits per heavy atom. The molecule has 4 rings (SSSR count). The van der Waals surface area contributed by atoms with Crippen molar-refractivity contribution < 1.29 is 13.2 Å². The fraction of sp³-hybridized carbons (Fsp3) is 0.429. The Morgan fingerprint density at radius 3 is 2.71 bits per heavy atom. The van der Waals surface area contributed by atoms with E-state index >= 15 is 0 Å². The minimum Gasteiger partial charge on any atom is -0.373 e. The Kier molecular flexibility index (Phi) is 6.08. The zero-order valence-electron chi connectivity index (χ0n) is 15.9. The number of hydrogen-bond acceptors (Lipinski definition) is 5. The van der Waals surface area contributed by atoms with Gasteiger partial charge in [0.2, 0.25) is 0 Å². The van der Waals surface area contributed by atoms with Crippen molar-refractivity contribution in [2.45, 2.75) is 36.3 Å². The molecule has 0 bridgehead atoms. The molecule has 2 heterocycles. The van der Waals surface area contributed by atoms with Crippen LogP contribution in [0.3, 0.4) is 0 Å². The van der Waals surface area contributed by atoms with E-state index in [0.717, 1.165) is 39.0 Å². The summed E-state index contributed by atoms with van der Waals surface area (Å²) in [6.45, 7) is 2.90. The molecule has 0 spiro atoms. The van der Waals surface area contributed by atoms with E-state index in [-0.39, 0.29) is 17.0 Å². The molecule has 2 aromatic carbocycles. The van der Waals surface area contributed by atoms with Crippen LogP contribution in [-0.4, -0.2) is 45.7 Å². The molecule has 28 heavy (non-hydrogen) atoms. The van der Waals surface area contributed by atoms with Crippen molar-refractivity contribution in [2.24, 2.45) is 0 Å². The second-order valence-electron chi connectivity index (χ2n) is 7.34. The van der Waals surface area contributed by atoms with Crippen molar-refractivity contribution >= 4 is 10.0 Å². The predicted molar refractivity (Wildman–Crippen MR) is 108 cm³/mol. The molecule has 0 aromatic heterocycles. The van der Waals surface area contributed by atoms with E-state index < -0.39 is 10.0 Å². The van der Waals surface area contributed by atoms with Crippen LogP contribution in [0.25, 0.3) is 0 Å². The van der Waals surface area contributed by atoms with Gasteiger partial charge in [-0.3, -0.25) is 0 Å². The third-order valence-corrected chi connectivity index (χ3v) is 6.86. The van der Waals surface area contributed by atoms with Crippen molar-refractivity contribution in [2.75, 3.05) is 26.2 Å². The van der Waals surface area contributed by atoms with E-state index in [1.54, 1.807) is 24.3 Å². The lowest BCUT2D eigenvalue weighted by Crippen LogP contribution is -2.58. The highest BCUT2D eigenvalue weighted by molar-refractivity contribution is 7.89. The molecule has 2 aromatic rings. The van der Waals surface area contributed by atoms with Crippen LogP contribution in [0.2, 0.25) is 0 Å². The summed E-state index contributed by atoms with van der Waals surface area (Å²) in [6.07, 6.45) is 2.76. The zero-order chi connectivity index (χ0) is 19.4. The maximum absolute atomic E-state index is 12.7. The maximum Gasteiger partial charge on any atom is 0.253 e. The van der Waals surface area contributed by atoms with Crippen LogP contribution in [0.5, 0.6) is 0 Å². The molecule has 2 unspecified atom stereocenters. The van der Waals surface area contributed by atoms with Crippen molar-refractivity contribution in [3.05, 3.63) is 65.7 Å². The third kappa shape index (κ3) is 4.45. The third-order valence-electron chi connectivity index (χ3n) is 5.50. The van der Waals surface area contributed by atoms with Gasteiger partial charge in [0.05, 0.1) is 17.6 Å². The van der Waals surface area contributed by atoms with Crippen molar-refractivity contribution in [3.63, 3.8) is 0 Å². The van der Waals surface area contributed by atoms with Crippen molar-refractivity contribution in [1.29, 1.82) is 0 Å². The van der Waals surface area contributed by atoms with E-state index in [1.807, 2.05) is 11.1 Å². The van der Waals surface area contributed by atoms with E-state index in [0.29, 0.717) is 6.54 Å². The van der Waals surface area contributed by atoms with Crippen LogP contribution in [0.4, 0.5) is 0 Å². The average molecular weight is 402 g/mol. The molecule has 2 N–H and O–H groups in total. The minimum atomic E-state index is -3.57. The molecule has 1 saturated heterocycles. The molecule has 2 aliphatic rings. The van der Waals surface area contributed by atoms with Gasteiger partial charge in [-0.05, 0) is 42.5 Å². The monoisotopic (exact) mass is 401 g/mol. The SMILES string of the molecule is O=S(=O)(NN1CCNCC1CCC1OCCc2ccccc21)c1ccccc1. The normalized spacial score (nSPS) is 23.3. The first kappa shape index (κ1) is 19.5. The van der Waals surface area contributed by atoms with E-state index in [1.165, 1.54) is 11.1 Å². The van der Waals surface area contributed by atoms with Gasteiger partial charge < -0.3 is 10.1 Å². The Bertz CT molecular complexity index is 889. The summed E-state index contributed by atoms with van der Waals surface area (Å²) >= 11 is 0. The standard InChI is InChI=1S/C21H27N3O3S/c25-28(26,19-7-2-1-3-8-19)23-24-14-13-22-16-18(24)10-11-21-20-9-5-4-6-17(20)12-15-27-21/h1-9,18,21-23H,10-16H2. The number of sulfonamides is 1. The molecular formula is C21H27N3O3S. The molecule has 6 nitrogen and oxygen atoms in total. The van der Waals surface area contributed by atoms with Crippen molar-refractivity contribution in [1.82, 2.24) is 15.2 Å².